The number of nitrogens with zero attached hydrogens (tertiary/aromatic N) is 1. The molecule has 5 nitrogen and oxygen atoms in total. The fourth-order valence-electron chi connectivity index (χ4n) is 3.28. The summed E-state index contributed by atoms with van der Waals surface area (Å²) in [6.45, 7) is 0. The highest BCUT2D eigenvalue weighted by atomic mass is 16.2. The Morgan fingerprint density at radius 2 is 1.58 bits per heavy atom. The highest BCUT2D eigenvalue weighted by Gasteiger charge is 2.15. The number of hydrogen-bond acceptors (Lipinski definition) is 3. The molecule has 1 aliphatic rings. The summed E-state index contributed by atoms with van der Waals surface area (Å²) in [6.07, 6.45) is 8.12. The fourth-order valence-corrected chi connectivity index (χ4v) is 3.28. The average Bonchev–Trinajstić information content (AvgIpc) is 2.66. The predicted molar refractivity (Wildman–Crippen MR) is 102 cm³/mol. The van der Waals surface area contributed by atoms with E-state index in [1.807, 2.05) is 36.4 Å². The topological polar surface area (TPSA) is 70.6 Å². The zero-order chi connectivity index (χ0) is 18.2. The Morgan fingerprint density at radius 1 is 0.962 bits per heavy atom. The molecule has 0 unspecified atom stereocenters. The van der Waals surface area contributed by atoms with Gasteiger partial charge in [0.15, 0.2) is 0 Å². The highest BCUT2D eigenvalue weighted by molar-refractivity contribution is 5.89. The van der Waals surface area contributed by atoms with Gasteiger partial charge in [0, 0.05) is 11.7 Å². The number of aliphatic imine (C=N–C) groups is 1. The van der Waals surface area contributed by atoms with Crippen molar-refractivity contribution in [2.24, 2.45) is 4.99 Å². The molecule has 0 spiro atoms. The van der Waals surface area contributed by atoms with E-state index in [-0.39, 0.29) is 6.03 Å². The van der Waals surface area contributed by atoms with E-state index in [1.165, 1.54) is 25.3 Å². The SMILES string of the molecule is O=C=Nc1ccc(Cc2ccc(NC(=O)NC3CCCCC3)cc2)cc1. The van der Waals surface area contributed by atoms with Crippen LogP contribution in [0.5, 0.6) is 0 Å². The van der Waals surface area contributed by atoms with Gasteiger partial charge < -0.3 is 10.6 Å². The second kappa shape index (κ2) is 8.97. The number of urea groups is 1. The summed E-state index contributed by atoms with van der Waals surface area (Å²) in [6, 6.07) is 15.5. The molecule has 134 valence electrons. The number of rotatable bonds is 5. The summed E-state index contributed by atoms with van der Waals surface area (Å²) < 4.78 is 0. The lowest BCUT2D eigenvalue weighted by atomic mass is 9.96. The van der Waals surface area contributed by atoms with Crippen molar-refractivity contribution in [3.8, 4) is 0 Å². The minimum atomic E-state index is -0.129. The Labute approximate surface area is 153 Å². The van der Waals surface area contributed by atoms with Gasteiger partial charge in [-0.05, 0) is 54.7 Å². The average molecular weight is 349 g/mol. The molecular formula is C21H23N3O2. The van der Waals surface area contributed by atoms with Crippen molar-refractivity contribution in [1.82, 2.24) is 5.32 Å². The van der Waals surface area contributed by atoms with Crippen LogP contribution in [-0.2, 0) is 11.2 Å². The standard InChI is InChI=1S/C21H23N3O2/c25-15-22-18-10-6-16(7-11-18)14-17-8-12-20(13-9-17)24-21(26)23-19-4-2-1-3-5-19/h6-13,19H,1-5,14H2,(H2,23,24,26). The normalized spacial score (nSPS) is 14.3. The predicted octanol–water partition coefficient (Wildman–Crippen LogP) is 4.70. The van der Waals surface area contributed by atoms with E-state index < -0.39 is 0 Å². The van der Waals surface area contributed by atoms with Crippen LogP contribution in [0.3, 0.4) is 0 Å². The maximum absolute atomic E-state index is 12.1. The molecule has 0 aliphatic heterocycles. The Kier molecular flexibility index (Phi) is 6.18. The third-order valence-corrected chi connectivity index (χ3v) is 4.67. The fraction of sp³-hybridized carbons (Fsp3) is 0.333. The first-order valence-corrected chi connectivity index (χ1v) is 9.06. The summed E-state index contributed by atoms with van der Waals surface area (Å²) in [5, 5.41) is 5.95. The van der Waals surface area contributed by atoms with Crippen molar-refractivity contribution in [2.45, 2.75) is 44.6 Å². The third kappa shape index (κ3) is 5.30. The molecule has 2 aromatic carbocycles. The van der Waals surface area contributed by atoms with Gasteiger partial charge in [0.25, 0.3) is 0 Å². The van der Waals surface area contributed by atoms with Crippen LogP contribution in [0.2, 0.25) is 0 Å². The van der Waals surface area contributed by atoms with Gasteiger partial charge >= 0.3 is 6.03 Å². The molecule has 1 aliphatic carbocycles. The Hall–Kier alpha value is -2.91. The maximum atomic E-state index is 12.1. The smallest absolute Gasteiger partial charge is 0.319 e. The Morgan fingerprint density at radius 3 is 2.19 bits per heavy atom. The van der Waals surface area contributed by atoms with Crippen LogP contribution >= 0.6 is 0 Å². The van der Waals surface area contributed by atoms with Crippen LogP contribution < -0.4 is 10.6 Å². The first kappa shape index (κ1) is 17.9. The van der Waals surface area contributed by atoms with E-state index in [4.69, 9.17) is 0 Å². The molecule has 0 saturated heterocycles. The summed E-state index contributed by atoms with van der Waals surface area (Å²) >= 11 is 0. The lowest BCUT2D eigenvalue weighted by Gasteiger charge is -2.22. The van der Waals surface area contributed by atoms with Crippen LogP contribution in [0.25, 0.3) is 0 Å². The van der Waals surface area contributed by atoms with Gasteiger partial charge in [-0.25, -0.2) is 9.59 Å². The molecule has 0 atom stereocenters. The largest absolute Gasteiger partial charge is 0.335 e. The summed E-state index contributed by atoms with van der Waals surface area (Å²) in [7, 11) is 0. The van der Waals surface area contributed by atoms with Crippen molar-refractivity contribution >= 4 is 23.5 Å². The number of carbonyl (C=O) groups excluding carboxylic acids is 2. The molecule has 0 aromatic heterocycles. The molecular weight excluding hydrogens is 326 g/mol. The number of benzene rings is 2. The third-order valence-electron chi connectivity index (χ3n) is 4.67. The van der Waals surface area contributed by atoms with Crippen molar-refractivity contribution in [1.29, 1.82) is 0 Å². The zero-order valence-electron chi connectivity index (χ0n) is 14.7. The van der Waals surface area contributed by atoms with Crippen LogP contribution in [-0.4, -0.2) is 18.2 Å². The first-order valence-electron chi connectivity index (χ1n) is 9.06. The summed E-state index contributed by atoms with van der Waals surface area (Å²) in [5.74, 6) is 0. The molecule has 26 heavy (non-hydrogen) atoms. The monoisotopic (exact) mass is 349 g/mol. The van der Waals surface area contributed by atoms with Crippen LogP contribution in [0.15, 0.2) is 53.5 Å². The number of amides is 2. The van der Waals surface area contributed by atoms with Gasteiger partial charge in [-0.2, -0.15) is 4.99 Å². The van der Waals surface area contributed by atoms with E-state index in [0.717, 1.165) is 36.1 Å². The van der Waals surface area contributed by atoms with Crippen molar-refractivity contribution in [3.63, 3.8) is 0 Å². The first-order chi connectivity index (χ1) is 12.7. The van der Waals surface area contributed by atoms with E-state index in [2.05, 4.69) is 15.6 Å². The van der Waals surface area contributed by atoms with Crippen molar-refractivity contribution < 1.29 is 9.59 Å². The van der Waals surface area contributed by atoms with Gasteiger partial charge in [-0.3, -0.25) is 0 Å². The molecule has 3 rings (SSSR count). The van der Waals surface area contributed by atoms with Gasteiger partial charge in [0.2, 0.25) is 6.08 Å². The highest BCUT2D eigenvalue weighted by Crippen LogP contribution is 2.19. The van der Waals surface area contributed by atoms with Gasteiger partial charge in [-0.1, -0.05) is 43.5 Å². The lowest BCUT2D eigenvalue weighted by Crippen LogP contribution is -2.38. The second-order valence-corrected chi connectivity index (χ2v) is 6.68. The Balaban J connectivity index is 1.52. The number of anilines is 1. The summed E-state index contributed by atoms with van der Waals surface area (Å²) in [4.78, 5) is 25.9. The second-order valence-electron chi connectivity index (χ2n) is 6.68. The summed E-state index contributed by atoms with van der Waals surface area (Å²) in [5.41, 5.74) is 3.67. The molecule has 0 bridgehead atoms. The number of carbonyl (C=O) groups is 1. The van der Waals surface area contributed by atoms with Crippen molar-refractivity contribution in [2.75, 3.05) is 5.32 Å². The molecule has 0 heterocycles. The number of hydrogen-bond donors (Lipinski definition) is 2. The van der Waals surface area contributed by atoms with Crippen molar-refractivity contribution in [3.05, 3.63) is 59.7 Å². The molecule has 1 saturated carbocycles. The van der Waals surface area contributed by atoms with E-state index >= 15 is 0 Å². The minimum Gasteiger partial charge on any atom is -0.335 e. The molecule has 1 fully saturated rings. The molecule has 2 aromatic rings. The molecule has 5 heteroatoms. The van der Waals surface area contributed by atoms with E-state index in [9.17, 15) is 9.59 Å². The van der Waals surface area contributed by atoms with Crippen LogP contribution in [0.1, 0.15) is 43.2 Å². The maximum Gasteiger partial charge on any atom is 0.319 e. The van der Waals surface area contributed by atoms with Crippen LogP contribution in [0, 0.1) is 0 Å². The van der Waals surface area contributed by atoms with Gasteiger partial charge in [0.1, 0.15) is 0 Å². The number of nitrogens with one attached hydrogen (secondary N) is 2. The van der Waals surface area contributed by atoms with E-state index in [0.29, 0.717) is 11.7 Å². The lowest BCUT2D eigenvalue weighted by molar-refractivity contribution is 0.244. The molecule has 2 N–H and O–H groups in total. The Bertz CT molecular complexity index is 772. The van der Waals surface area contributed by atoms with Gasteiger partial charge in [-0.15, -0.1) is 0 Å². The van der Waals surface area contributed by atoms with E-state index in [1.54, 1.807) is 12.1 Å². The van der Waals surface area contributed by atoms with Gasteiger partial charge in [0.05, 0.1) is 5.69 Å². The molecule has 0 radical (unpaired) electrons. The number of isocyanates is 1. The zero-order valence-corrected chi connectivity index (χ0v) is 14.7. The quantitative estimate of drug-likeness (QED) is 0.607. The van der Waals surface area contributed by atoms with Crippen LogP contribution in [0.4, 0.5) is 16.2 Å². The molecule has 2 amide bonds. The minimum absolute atomic E-state index is 0.129.